The van der Waals surface area contributed by atoms with E-state index in [9.17, 15) is 0 Å². The van der Waals surface area contributed by atoms with Crippen LogP contribution in [-0.2, 0) is 7.05 Å². The highest BCUT2D eigenvalue weighted by atomic mass is 16.5. The minimum atomic E-state index is 0.107. The van der Waals surface area contributed by atoms with Gasteiger partial charge < -0.3 is 10.1 Å². The fourth-order valence-electron chi connectivity index (χ4n) is 2.15. The summed E-state index contributed by atoms with van der Waals surface area (Å²) >= 11 is 0. The molecule has 0 bridgehead atoms. The molecule has 0 fully saturated rings. The number of methoxy groups -OCH3 is 1. The summed E-state index contributed by atoms with van der Waals surface area (Å²) in [6.45, 7) is 2.05. The lowest BCUT2D eigenvalue weighted by molar-refractivity contribution is 0.411. The lowest BCUT2D eigenvalue weighted by Crippen LogP contribution is -2.18. The third kappa shape index (κ3) is 2.38. The topological polar surface area (TPSA) is 39.1 Å². The lowest BCUT2D eigenvalue weighted by atomic mass is 10.0. The van der Waals surface area contributed by atoms with Crippen LogP contribution in [0.1, 0.15) is 22.9 Å². The van der Waals surface area contributed by atoms with Gasteiger partial charge in [0.15, 0.2) is 0 Å². The summed E-state index contributed by atoms with van der Waals surface area (Å²) in [5.41, 5.74) is 3.34. The molecule has 1 N–H and O–H groups in total. The fourth-order valence-corrected chi connectivity index (χ4v) is 2.15. The van der Waals surface area contributed by atoms with Crippen LogP contribution in [0.4, 0.5) is 0 Å². The molecule has 0 radical (unpaired) electrons. The Bertz CT molecular complexity index is 534. The van der Waals surface area contributed by atoms with Gasteiger partial charge in [-0.3, -0.25) is 4.68 Å². The molecular weight excluding hydrogens is 226 g/mol. The van der Waals surface area contributed by atoms with Gasteiger partial charge in [-0.05, 0) is 37.2 Å². The van der Waals surface area contributed by atoms with Crippen molar-refractivity contribution in [2.45, 2.75) is 13.0 Å². The van der Waals surface area contributed by atoms with Gasteiger partial charge in [-0.25, -0.2) is 0 Å². The average molecular weight is 245 g/mol. The van der Waals surface area contributed by atoms with Crippen LogP contribution in [0.3, 0.4) is 0 Å². The second-order valence-electron chi connectivity index (χ2n) is 4.37. The molecule has 4 heteroatoms. The van der Waals surface area contributed by atoms with E-state index < -0.39 is 0 Å². The van der Waals surface area contributed by atoms with Gasteiger partial charge in [0.2, 0.25) is 0 Å². The van der Waals surface area contributed by atoms with Gasteiger partial charge in [0, 0.05) is 13.2 Å². The van der Waals surface area contributed by atoms with E-state index in [0.717, 1.165) is 17.0 Å². The van der Waals surface area contributed by atoms with Crippen LogP contribution in [0.2, 0.25) is 0 Å². The smallest absolute Gasteiger partial charge is 0.121 e. The summed E-state index contributed by atoms with van der Waals surface area (Å²) < 4.78 is 7.10. The molecular formula is C14H19N3O. The minimum absolute atomic E-state index is 0.107. The summed E-state index contributed by atoms with van der Waals surface area (Å²) in [6, 6.07) is 8.34. The van der Waals surface area contributed by atoms with Gasteiger partial charge in [0.05, 0.1) is 18.8 Å². The highest BCUT2D eigenvalue weighted by Gasteiger charge is 2.15. The molecule has 1 unspecified atom stereocenters. The first-order chi connectivity index (χ1) is 8.65. The zero-order valence-electron chi connectivity index (χ0n) is 11.3. The van der Waals surface area contributed by atoms with Crippen molar-refractivity contribution >= 4 is 0 Å². The van der Waals surface area contributed by atoms with Crippen molar-refractivity contribution in [3.8, 4) is 5.75 Å². The number of rotatable bonds is 4. The van der Waals surface area contributed by atoms with Gasteiger partial charge >= 0.3 is 0 Å². The molecule has 2 aromatic rings. The van der Waals surface area contributed by atoms with Crippen molar-refractivity contribution in [3.05, 3.63) is 47.3 Å². The Hall–Kier alpha value is -1.81. The van der Waals surface area contributed by atoms with E-state index in [1.54, 1.807) is 7.11 Å². The largest absolute Gasteiger partial charge is 0.496 e. The SMILES string of the molecule is CNC(c1ccc(OC)c(C)c1)c1ccn(C)n1. The highest BCUT2D eigenvalue weighted by Crippen LogP contribution is 2.25. The van der Waals surface area contributed by atoms with E-state index in [1.807, 2.05) is 44.0 Å². The van der Waals surface area contributed by atoms with Crippen LogP contribution in [0.5, 0.6) is 5.75 Å². The second-order valence-corrected chi connectivity index (χ2v) is 4.37. The molecule has 1 aromatic carbocycles. The number of benzene rings is 1. The summed E-state index contributed by atoms with van der Waals surface area (Å²) in [4.78, 5) is 0. The molecule has 2 rings (SSSR count). The zero-order valence-corrected chi connectivity index (χ0v) is 11.3. The molecule has 0 saturated heterocycles. The molecule has 96 valence electrons. The first kappa shape index (κ1) is 12.6. The van der Waals surface area contributed by atoms with E-state index in [2.05, 4.69) is 22.5 Å². The monoisotopic (exact) mass is 245 g/mol. The Morgan fingerprint density at radius 2 is 2.11 bits per heavy atom. The second kappa shape index (κ2) is 5.23. The predicted octanol–water partition coefficient (Wildman–Crippen LogP) is 2.05. The Kier molecular flexibility index (Phi) is 3.67. The molecule has 1 heterocycles. The molecule has 0 amide bonds. The van der Waals surface area contributed by atoms with E-state index >= 15 is 0 Å². The number of ether oxygens (including phenoxy) is 1. The summed E-state index contributed by atoms with van der Waals surface area (Å²) in [7, 11) is 5.56. The van der Waals surface area contributed by atoms with Crippen LogP contribution in [-0.4, -0.2) is 23.9 Å². The molecule has 0 spiro atoms. The highest BCUT2D eigenvalue weighted by molar-refractivity contribution is 5.39. The average Bonchev–Trinajstić information content (AvgIpc) is 2.77. The van der Waals surface area contributed by atoms with Crippen molar-refractivity contribution < 1.29 is 4.74 Å². The molecule has 1 atom stereocenters. The maximum Gasteiger partial charge on any atom is 0.121 e. The third-order valence-electron chi connectivity index (χ3n) is 3.07. The molecule has 1 aromatic heterocycles. The maximum atomic E-state index is 5.28. The fraction of sp³-hybridized carbons (Fsp3) is 0.357. The molecule has 4 nitrogen and oxygen atoms in total. The van der Waals surface area contributed by atoms with Crippen LogP contribution in [0.15, 0.2) is 30.5 Å². The normalized spacial score (nSPS) is 12.4. The zero-order chi connectivity index (χ0) is 13.1. The third-order valence-corrected chi connectivity index (χ3v) is 3.07. The molecule has 18 heavy (non-hydrogen) atoms. The Morgan fingerprint density at radius 3 is 2.61 bits per heavy atom. The van der Waals surface area contributed by atoms with Gasteiger partial charge in [0.25, 0.3) is 0 Å². The van der Waals surface area contributed by atoms with Crippen molar-refractivity contribution in [2.75, 3.05) is 14.2 Å². The lowest BCUT2D eigenvalue weighted by Gasteiger charge is -2.16. The number of aromatic nitrogens is 2. The number of aryl methyl sites for hydroxylation is 2. The quantitative estimate of drug-likeness (QED) is 0.896. The number of hydrogen-bond acceptors (Lipinski definition) is 3. The standard InChI is InChI=1S/C14H19N3O/c1-10-9-11(5-6-13(10)18-4)14(15-2)12-7-8-17(3)16-12/h5-9,14-15H,1-4H3. The Balaban J connectivity index is 2.36. The summed E-state index contributed by atoms with van der Waals surface area (Å²) in [5.74, 6) is 0.912. The van der Waals surface area contributed by atoms with Crippen LogP contribution in [0, 0.1) is 6.92 Å². The predicted molar refractivity (Wildman–Crippen MR) is 71.8 cm³/mol. The summed E-state index contributed by atoms with van der Waals surface area (Å²) in [5, 5.41) is 7.75. The molecule has 0 aliphatic heterocycles. The number of hydrogen-bond donors (Lipinski definition) is 1. The molecule has 0 aliphatic rings. The van der Waals surface area contributed by atoms with Gasteiger partial charge in [-0.1, -0.05) is 12.1 Å². The van der Waals surface area contributed by atoms with E-state index in [1.165, 1.54) is 5.56 Å². The number of nitrogens with one attached hydrogen (secondary N) is 1. The Labute approximate surface area is 108 Å². The van der Waals surface area contributed by atoms with Crippen LogP contribution in [0.25, 0.3) is 0 Å². The van der Waals surface area contributed by atoms with Gasteiger partial charge in [-0.2, -0.15) is 5.10 Å². The van der Waals surface area contributed by atoms with Crippen LogP contribution >= 0.6 is 0 Å². The maximum absolute atomic E-state index is 5.28. The van der Waals surface area contributed by atoms with E-state index in [4.69, 9.17) is 4.74 Å². The first-order valence-corrected chi connectivity index (χ1v) is 5.97. The van der Waals surface area contributed by atoms with Crippen molar-refractivity contribution in [2.24, 2.45) is 7.05 Å². The minimum Gasteiger partial charge on any atom is -0.496 e. The van der Waals surface area contributed by atoms with Crippen molar-refractivity contribution in [1.29, 1.82) is 0 Å². The molecule has 0 aliphatic carbocycles. The van der Waals surface area contributed by atoms with Crippen molar-refractivity contribution in [1.82, 2.24) is 15.1 Å². The number of nitrogens with zero attached hydrogens (tertiary/aromatic N) is 2. The van der Waals surface area contributed by atoms with E-state index in [-0.39, 0.29) is 6.04 Å². The van der Waals surface area contributed by atoms with Crippen LogP contribution < -0.4 is 10.1 Å². The van der Waals surface area contributed by atoms with Crippen molar-refractivity contribution in [3.63, 3.8) is 0 Å². The van der Waals surface area contributed by atoms with Gasteiger partial charge in [-0.15, -0.1) is 0 Å². The first-order valence-electron chi connectivity index (χ1n) is 5.97. The molecule has 0 saturated carbocycles. The van der Waals surface area contributed by atoms with E-state index in [0.29, 0.717) is 0 Å². The summed E-state index contributed by atoms with van der Waals surface area (Å²) in [6.07, 6.45) is 1.95. The Morgan fingerprint density at radius 1 is 1.33 bits per heavy atom. The van der Waals surface area contributed by atoms with Gasteiger partial charge in [0.1, 0.15) is 5.75 Å².